The van der Waals surface area contributed by atoms with Gasteiger partial charge in [0.25, 0.3) is 0 Å². The van der Waals surface area contributed by atoms with E-state index in [1.165, 1.54) is 56.9 Å². The lowest BCUT2D eigenvalue weighted by Crippen LogP contribution is -2.25. The first-order valence-corrected chi connectivity index (χ1v) is 7.89. The van der Waals surface area contributed by atoms with Gasteiger partial charge in [-0.3, -0.25) is 0 Å². The minimum absolute atomic E-state index is 0.457. The second-order valence-electron chi connectivity index (χ2n) is 6.03. The lowest BCUT2D eigenvalue weighted by molar-refractivity contribution is 0.210. The van der Waals surface area contributed by atoms with E-state index in [9.17, 15) is 0 Å². The van der Waals surface area contributed by atoms with Crippen LogP contribution in [0.3, 0.4) is 0 Å². The molecule has 0 radical (unpaired) electrons. The van der Waals surface area contributed by atoms with E-state index in [2.05, 4.69) is 29.6 Å². The molecule has 0 heterocycles. The topological polar surface area (TPSA) is 21.3 Å². The zero-order chi connectivity index (χ0) is 12.9. The number of nitrogens with one attached hydrogen (secondary N) is 1. The van der Waals surface area contributed by atoms with Crippen LogP contribution in [-0.4, -0.2) is 12.1 Å². The Balaban J connectivity index is 1.52. The van der Waals surface area contributed by atoms with Gasteiger partial charge in [-0.15, -0.1) is 0 Å². The molecule has 0 unspecified atom stereocenters. The van der Waals surface area contributed by atoms with Crippen molar-refractivity contribution >= 4 is 0 Å². The summed E-state index contributed by atoms with van der Waals surface area (Å²) in [6.07, 6.45) is 11.0. The zero-order valence-corrected chi connectivity index (χ0v) is 11.7. The Bertz CT molecular complexity index is 392. The normalized spacial score (nSPS) is 21.1. The van der Waals surface area contributed by atoms with Crippen LogP contribution in [0.4, 0.5) is 0 Å². The fraction of sp³-hybridized carbons (Fsp3) is 0.647. The van der Waals surface area contributed by atoms with Crippen molar-refractivity contribution in [1.29, 1.82) is 0 Å². The molecule has 1 N–H and O–H groups in total. The van der Waals surface area contributed by atoms with Crippen LogP contribution < -0.4 is 10.1 Å². The fourth-order valence-corrected chi connectivity index (χ4v) is 3.32. The van der Waals surface area contributed by atoms with E-state index in [1.807, 2.05) is 0 Å². The highest BCUT2D eigenvalue weighted by Gasteiger charge is 2.17. The van der Waals surface area contributed by atoms with Crippen LogP contribution in [0.1, 0.15) is 56.9 Å². The molecule has 104 valence electrons. The van der Waals surface area contributed by atoms with Gasteiger partial charge in [0.15, 0.2) is 0 Å². The van der Waals surface area contributed by atoms with E-state index in [0.29, 0.717) is 6.10 Å². The maximum absolute atomic E-state index is 6.06. The highest BCUT2D eigenvalue weighted by atomic mass is 16.5. The maximum atomic E-state index is 6.06. The molecule has 2 saturated carbocycles. The predicted molar refractivity (Wildman–Crippen MR) is 78.4 cm³/mol. The molecule has 0 bridgehead atoms. The van der Waals surface area contributed by atoms with Crippen LogP contribution in [0, 0.1) is 0 Å². The number of benzene rings is 1. The van der Waals surface area contributed by atoms with E-state index >= 15 is 0 Å². The lowest BCUT2D eigenvalue weighted by atomic mass is 10.2. The molecule has 3 rings (SSSR count). The van der Waals surface area contributed by atoms with Crippen molar-refractivity contribution in [3.05, 3.63) is 29.8 Å². The third-order valence-corrected chi connectivity index (χ3v) is 4.45. The molecule has 2 heteroatoms. The van der Waals surface area contributed by atoms with Crippen LogP contribution in [-0.2, 0) is 6.54 Å². The van der Waals surface area contributed by atoms with Crippen molar-refractivity contribution in [3.63, 3.8) is 0 Å². The van der Waals surface area contributed by atoms with Crippen LogP contribution in [0.5, 0.6) is 5.75 Å². The number of hydrogen-bond donors (Lipinski definition) is 1. The lowest BCUT2D eigenvalue weighted by Gasteiger charge is -2.15. The van der Waals surface area contributed by atoms with Crippen molar-refractivity contribution in [2.24, 2.45) is 0 Å². The summed E-state index contributed by atoms with van der Waals surface area (Å²) in [6.45, 7) is 0.979. The van der Waals surface area contributed by atoms with E-state index < -0.39 is 0 Å². The number of hydrogen-bond acceptors (Lipinski definition) is 2. The zero-order valence-electron chi connectivity index (χ0n) is 11.7. The summed E-state index contributed by atoms with van der Waals surface area (Å²) in [5, 5.41) is 3.66. The first kappa shape index (κ1) is 13.0. The molecule has 0 amide bonds. The first-order valence-electron chi connectivity index (χ1n) is 7.89. The Morgan fingerprint density at radius 1 is 1.00 bits per heavy atom. The summed E-state index contributed by atoms with van der Waals surface area (Å²) in [7, 11) is 0. The maximum Gasteiger partial charge on any atom is 0.120 e. The molecule has 19 heavy (non-hydrogen) atoms. The van der Waals surface area contributed by atoms with Crippen molar-refractivity contribution in [3.8, 4) is 5.75 Å². The van der Waals surface area contributed by atoms with Gasteiger partial charge in [0.05, 0.1) is 6.10 Å². The van der Waals surface area contributed by atoms with Crippen LogP contribution in [0.2, 0.25) is 0 Å². The fourth-order valence-electron chi connectivity index (χ4n) is 3.32. The minimum Gasteiger partial charge on any atom is -0.490 e. The summed E-state index contributed by atoms with van der Waals surface area (Å²) >= 11 is 0. The third kappa shape index (κ3) is 3.73. The summed E-state index contributed by atoms with van der Waals surface area (Å²) in [5.74, 6) is 1.05. The molecule has 0 atom stereocenters. The Kier molecular flexibility index (Phi) is 4.39. The molecule has 2 aliphatic rings. The number of ether oxygens (including phenoxy) is 1. The average Bonchev–Trinajstić information content (AvgIpc) is 3.10. The van der Waals surface area contributed by atoms with Gasteiger partial charge in [-0.25, -0.2) is 0 Å². The summed E-state index contributed by atoms with van der Waals surface area (Å²) in [4.78, 5) is 0. The SMILES string of the molecule is c1cc(CNC2CCCC2)cc(OC2CCCC2)c1. The van der Waals surface area contributed by atoms with Crippen LogP contribution in [0.25, 0.3) is 0 Å². The van der Waals surface area contributed by atoms with Gasteiger partial charge in [-0.1, -0.05) is 25.0 Å². The largest absolute Gasteiger partial charge is 0.490 e. The minimum atomic E-state index is 0.457. The van der Waals surface area contributed by atoms with Crippen molar-refractivity contribution in [2.45, 2.75) is 70.1 Å². The van der Waals surface area contributed by atoms with Crippen LogP contribution in [0.15, 0.2) is 24.3 Å². The highest BCUT2D eigenvalue weighted by Crippen LogP contribution is 2.25. The van der Waals surface area contributed by atoms with Crippen LogP contribution >= 0.6 is 0 Å². The average molecular weight is 259 g/mol. The van der Waals surface area contributed by atoms with Gasteiger partial charge in [0.1, 0.15) is 5.75 Å². The molecule has 2 aliphatic carbocycles. The van der Waals surface area contributed by atoms with E-state index in [4.69, 9.17) is 4.74 Å². The second kappa shape index (κ2) is 6.42. The van der Waals surface area contributed by atoms with Gasteiger partial charge >= 0.3 is 0 Å². The number of rotatable bonds is 5. The molecule has 1 aromatic rings. The molecule has 0 aliphatic heterocycles. The van der Waals surface area contributed by atoms with Gasteiger partial charge in [-0.05, 0) is 56.2 Å². The van der Waals surface area contributed by atoms with Crippen molar-refractivity contribution in [1.82, 2.24) is 5.32 Å². The molecular formula is C17H25NO. The summed E-state index contributed by atoms with van der Waals surface area (Å²) in [5.41, 5.74) is 1.35. The van der Waals surface area contributed by atoms with E-state index in [0.717, 1.165) is 18.3 Å². The summed E-state index contributed by atoms with van der Waals surface area (Å²) < 4.78 is 6.06. The van der Waals surface area contributed by atoms with E-state index in [-0.39, 0.29) is 0 Å². The second-order valence-corrected chi connectivity index (χ2v) is 6.03. The molecule has 0 spiro atoms. The Hall–Kier alpha value is -1.02. The van der Waals surface area contributed by atoms with Gasteiger partial charge in [0, 0.05) is 12.6 Å². The molecular weight excluding hydrogens is 234 g/mol. The molecule has 0 saturated heterocycles. The summed E-state index contributed by atoms with van der Waals surface area (Å²) in [6, 6.07) is 9.36. The van der Waals surface area contributed by atoms with E-state index in [1.54, 1.807) is 0 Å². The molecule has 0 aromatic heterocycles. The molecule has 2 fully saturated rings. The first-order chi connectivity index (χ1) is 9.40. The monoisotopic (exact) mass is 259 g/mol. The van der Waals surface area contributed by atoms with Crippen molar-refractivity contribution < 1.29 is 4.74 Å². The van der Waals surface area contributed by atoms with Gasteiger partial charge in [-0.2, -0.15) is 0 Å². The van der Waals surface area contributed by atoms with Gasteiger partial charge in [0.2, 0.25) is 0 Å². The highest BCUT2D eigenvalue weighted by molar-refractivity contribution is 5.28. The van der Waals surface area contributed by atoms with Crippen molar-refractivity contribution in [2.75, 3.05) is 0 Å². The molecule has 1 aromatic carbocycles. The third-order valence-electron chi connectivity index (χ3n) is 4.45. The van der Waals surface area contributed by atoms with Gasteiger partial charge < -0.3 is 10.1 Å². The molecule has 2 nitrogen and oxygen atoms in total. The quantitative estimate of drug-likeness (QED) is 0.861. The Morgan fingerprint density at radius 3 is 2.53 bits per heavy atom. The predicted octanol–water partition coefficient (Wildman–Crippen LogP) is 4.04. The Labute approximate surface area is 116 Å². The smallest absolute Gasteiger partial charge is 0.120 e. The standard InChI is InChI=1S/C17H25NO/c1-2-8-15(7-1)18-13-14-6-5-11-17(12-14)19-16-9-3-4-10-16/h5-6,11-12,15-16,18H,1-4,7-10,13H2. The Morgan fingerprint density at radius 2 is 1.74 bits per heavy atom.